The van der Waals surface area contributed by atoms with Crippen molar-refractivity contribution in [1.82, 2.24) is 10.6 Å². The number of carbonyl (C=O) groups is 1. The van der Waals surface area contributed by atoms with Crippen molar-refractivity contribution in [2.45, 2.75) is 25.8 Å². The van der Waals surface area contributed by atoms with E-state index in [1.54, 1.807) is 7.05 Å². The summed E-state index contributed by atoms with van der Waals surface area (Å²) in [7, 11) is 1.61. The van der Waals surface area contributed by atoms with E-state index in [1.807, 2.05) is 6.92 Å². The van der Waals surface area contributed by atoms with Crippen LogP contribution >= 0.6 is 0 Å². The Morgan fingerprint density at radius 3 is 2.83 bits per heavy atom. The van der Waals surface area contributed by atoms with Crippen LogP contribution in [0.1, 0.15) is 19.8 Å². The van der Waals surface area contributed by atoms with Crippen LogP contribution in [0.5, 0.6) is 0 Å². The summed E-state index contributed by atoms with van der Waals surface area (Å²) in [6.45, 7) is 2.55. The SMILES string of the molecule is CNC(=O)CCNC(C)CC#N. The molecule has 0 heterocycles. The Bertz CT molecular complexity index is 174. The van der Waals surface area contributed by atoms with Crippen LogP contribution in [0.2, 0.25) is 0 Å². The van der Waals surface area contributed by atoms with Crippen molar-refractivity contribution in [2.24, 2.45) is 0 Å². The van der Waals surface area contributed by atoms with E-state index in [9.17, 15) is 4.79 Å². The minimum absolute atomic E-state index is 0.0201. The van der Waals surface area contributed by atoms with E-state index in [0.717, 1.165) is 0 Å². The number of nitrogens with zero attached hydrogens (tertiary/aromatic N) is 1. The van der Waals surface area contributed by atoms with Gasteiger partial charge in [-0.05, 0) is 6.92 Å². The monoisotopic (exact) mass is 169 g/mol. The maximum Gasteiger partial charge on any atom is 0.221 e. The molecule has 1 unspecified atom stereocenters. The molecule has 0 aromatic carbocycles. The summed E-state index contributed by atoms with van der Waals surface area (Å²) in [6.07, 6.45) is 0.944. The minimum Gasteiger partial charge on any atom is -0.359 e. The van der Waals surface area contributed by atoms with Gasteiger partial charge in [-0.15, -0.1) is 0 Å². The van der Waals surface area contributed by atoms with Gasteiger partial charge in [-0.1, -0.05) is 0 Å². The molecule has 12 heavy (non-hydrogen) atoms. The predicted octanol–water partition coefficient (Wildman–Crippen LogP) is 0.0143. The first-order chi connectivity index (χ1) is 5.70. The summed E-state index contributed by atoms with van der Waals surface area (Å²) in [5.74, 6) is 0.0201. The largest absolute Gasteiger partial charge is 0.359 e. The Morgan fingerprint density at radius 2 is 2.33 bits per heavy atom. The van der Waals surface area contributed by atoms with Crippen molar-refractivity contribution in [1.29, 1.82) is 5.26 Å². The van der Waals surface area contributed by atoms with Crippen molar-refractivity contribution in [3.8, 4) is 6.07 Å². The fourth-order valence-corrected chi connectivity index (χ4v) is 0.766. The highest BCUT2D eigenvalue weighted by Crippen LogP contribution is 1.87. The molecule has 4 heteroatoms. The third kappa shape index (κ3) is 5.69. The van der Waals surface area contributed by atoms with Gasteiger partial charge in [0.2, 0.25) is 5.91 Å². The fraction of sp³-hybridized carbons (Fsp3) is 0.750. The molecule has 0 aromatic rings. The third-order valence-electron chi connectivity index (χ3n) is 1.52. The lowest BCUT2D eigenvalue weighted by molar-refractivity contribution is -0.120. The highest BCUT2D eigenvalue weighted by molar-refractivity contribution is 5.75. The Balaban J connectivity index is 3.31. The predicted molar refractivity (Wildman–Crippen MR) is 46.4 cm³/mol. The number of nitriles is 1. The molecule has 0 rings (SSSR count). The molecule has 4 nitrogen and oxygen atoms in total. The van der Waals surface area contributed by atoms with Crippen LogP contribution in [0.4, 0.5) is 0 Å². The molecule has 1 amide bonds. The van der Waals surface area contributed by atoms with Crippen molar-refractivity contribution in [2.75, 3.05) is 13.6 Å². The molecule has 0 spiro atoms. The van der Waals surface area contributed by atoms with E-state index in [0.29, 0.717) is 19.4 Å². The van der Waals surface area contributed by atoms with Crippen LogP contribution in [0, 0.1) is 11.3 Å². The van der Waals surface area contributed by atoms with Gasteiger partial charge in [0, 0.05) is 26.1 Å². The van der Waals surface area contributed by atoms with E-state index in [2.05, 4.69) is 16.7 Å². The lowest BCUT2D eigenvalue weighted by atomic mass is 10.2. The smallest absolute Gasteiger partial charge is 0.221 e. The summed E-state index contributed by atoms with van der Waals surface area (Å²) in [4.78, 5) is 10.7. The van der Waals surface area contributed by atoms with Gasteiger partial charge in [-0.2, -0.15) is 5.26 Å². The lowest BCUT2D eigenvalue weighted by Crippen LogP contribution is -2.30. The molecule has 0 aliphatic rings. The zero-order valence-electron chi connectivity index (χ0n) is 7.55. The average molecular weight is 169 g/mol. The van der Waals surface area contributed by atoms with E-state index in [4.69, 9.17) is 5.26 Å². The number of amides is 1. The van der Waals surface area contributed by atoms with Crippen LogP contribution in [-0.2, 0) is 4.79 Å². The number of rotatable bonds is 5. The molecule has 0 fully saturated rings. The summed E-state index contributed by atoms with van der Waals surface area (Å²) in [5, 5.41) is 13.9. The second-order valence-electron chi connectivity index (χ2n) is 2.64. The van der Waals surface area contributed by atoms with Crippen molar-refractivity contribution in [3.63, 3.8) is 0 Å². The highest BCUT2D eigenvalue weighted by atomic mass is 16.1. The number of hydrogen-bond donors (Lipinski definition) is 2. The van der Waals surface area contributed by atoms with Crippen molar-refractivity contribution in [3.05, 3.63) is 0 Å². The van der Waals surface area contributed by atoms with Gasteiger partial charge in [-0.25, -0.2) is 0 Å². The molecule has 0 saturated carbocycles. The molecular weight excluding hydrogens is 154 g/mol. The first-order valence-corrected chi connectivity index (χ1v) is 4.01. The van der Waals surface area contributed by atoms with Crippen LogP contribution in [0.15, 0.2) is 0 Å². The quantitative estimate of drug-likeness (QED) is 0.609. The number of carbonyl (C=O) groups excluding carboxylic acids is 1. The molecule has 0 aliphatic heterocycles. The van der Waals surface area contributed by atoms with Crippen LogP contribution in [0.3, 0.4) is 0 Å². The molecule has 0 saturated heterocycles. The van der Waals surface area contributed by atoms with E-state index < -0.39 is 0 Å². The second kappa shape index (κ2) is 6.62. The maximum absolute atomic E-state index is 10.7. The normalized spacial score (nSPS) is 11.8. The molecule has 0 bridgehead atoms. The van der Waals surface area contributed by atoms with Crippen LogP contribution in [-0.4, -0.2) is 25.5 Å². The molecule has 0 radical (unpaired) electrons. The molecule has 2 N–H and O–H groups in total. The zero-order chi connectivity index (χ0) is 9.40. The molecular formula is C8H15N3O. The van der Waals surface area contributed by atoms with Gasteiger partial charge >= 0.3 is 0 Å². The molecule has 0 aliphatic carbocycles. The fourth-order valence-electron chi connectivity index (χ4n) is 0.766. The topological polar surface area (TPSA) is 64.9 Å². The Morgan fingerprint density at radius 1 is 1.67 bits per heavy atom. The standard InChI is InChI=1S/C8H15N3O/c1-7(3-5-9)11-6-4-8(12)10-2/h7,11H,3-4,6H2,1-2H3,(H,10,12). The molecule has 0 aromatic heterocycles. The lowest BCUT2D eigenvalue weighted by Gasteiger charge is -2.08. The summed E-state index contributed by atoms with van der Waals surface area (Å²) in [6, 6.07) is 2.22. The second-order valence-corrected chi connectivity index (χ2v) is 2.64. The van der Waals surface area contributed by atoms with Gasteiger partial charge in [0.05, 0.1) is 12.5 Å². The van der Waals surface area contributed by atoms with E-state index in [1.165, 1.54) is 0 Å². The van der Waals surface area contributed by atoms with Crippen molar-refractivity contribution >= 4 is 5.91 Å². The van der Waals surface area contributed by atoms with E-state index in [-0.39, 0.29) is 11.9 Å². The van der Waals surface area contributed by atoms with Gasteiger partial charge < -0.3 is 10.6 Å². The third-order valence-corrected chi connectivity index (χ3v) is 1.52. The number of hydrogen-bond acceptors (Lipinski definition) is 3. The highest BCUT2D eigenvalue weighted by Gasteiger charge is 2.01. The maximum atomic E-state index is 10.7. The molecule has 68 valence electrons. The number of nitrogens with one attached hydrogen (secondary N) is 2. The Labute approximate surface area is 72.9 Å². The van der Waals surface area contributed by atoms with Gasteiger partial charge in [0.25, 0.3) is 0 Å². The Kier molecular flexibility index (Phi) is 6.02. The average Bonchev–Trinajstić information content (AvgIpc) is 2.04. The van der Waals surface area contributed by atoms with Crippen molar-refractivity contribution < 1.29 is 4.79 Å². The van der Waals surface area contributed by atoms with E-state index >= 15 is 0 Å². The van der Waals surface area contributed by atoms with Gasteiger partial charge in [-0.3, -0.25) is 4.79 Å². The Hall–Kier alpha value is -1.08. The summed E-state index contributed by atoms with van der Waals surface area (Å²) < 4.78 is 0. The first-order valence-electron chi connectivity index (χ1n) is 4.01. The minimum atomic E-state index is 0.0201. The zero-order valence-corrected chi connectivity index (χ0v) is 7.55. The summed E-state index contributed by atoms with van der Waals surface area (Å²) >= 11 is 0. The van der Waals surface area contributed by atoms with Gasteiger partial charge in [0.15, 0.2) is 0 Å². The molecule has 1 atom stereocenters. The summed E-state index contributed by atoms with van der Waals surface area (Å²) in [5.41, 5.74) is 0. The first kappa shape index (κ1) is 10.9. The van der Waals surface area contributed by atoms with Crippen LogP contribution in [0.25, 0.3) is 0 Å². The van der Waals surface area contributed by atoms with Crippen LogP contribution < -0.4 is 10.6 Å². The van der Waals surface area contributed by atoms with Gasteiger partial charge in [0.1, 0.15) is 0 Å².